The first-order chi connectivity index (χ1) is 9.29. The van der Waals surface area contributed by atoms with Crippen molar-refractivity contribution in [3.63, 3.8) is 0 Å². The molecule has 20 heavy (non-hydrogen) atoms. The zero-order valence-corrected chi connectivity index (χ0v) is 12.5. The summed E-state index contributed by atoms with van der Waals surface area (Å²) >= 11 is 0. The van der Waals surface area contributed by atoms with Gasteiger partial charge in [-0.2, -0.15) is 13.2 Å². The number of nitrogens with zero attached hydrogens (tertiary/aromatic N) is 1. The zero-order chi connectivity index (χ0) is 14.9. The fraction of sp³-hybridized carbons (Fsp3) is 1.00. The van der Waals surface area contributed by atoms with Crippen LogP contribution in [-0.2, 0) is 0 Å². The molecule has 1 saturated heterocycles. The van der Waals surface area contributed by atoms with Crippen molar-refractivity contribution in [3.8, 4) is 0 Å². The maximum Gasteiger partial charge on any atom is 0.391 e. The topological polar surface area (TPSA) is 29.3 Å². The third-order valence-corrected chi connectivity index (χ3v) is 5.31. The van der Waals surface area contributed by atoms with Crippen molar-refractivity contribution in [2.45, 2.75) is 64.2 Å². The Bertz CT molecular complexity index is 309. The summed E-state index contributed by atoms with van der Waals surface area (Å²) in [6.07, 6.45) is -0.337. The van der Waals surface area contributed by atoms with Crippen LogP contribution in [0.5, 0.6) is 0 Å². The second-order valence-electron chi connectivity index (χ2n) is 6.90. The summed E-state index contributed by atoms with van der Waals surface area (Å²) in [4.78, 5) is 2.22. The molecule has 2 fully saturated rings. The highest BCUT2D eigenvalue weighted by Gasteiger charge is 2.43. The van der Waals surface area contributed by atoms with E-state index in [0.29, 0.717) is 24.9 Å². The molecule has 2 aliphatic rings. The van der Waals surface area contributed by atoms with E-state index in [-0.39, 0.29) is 24.9 Å². The molecule has 0 radical (unpaired) electrons. The third-order valence-electron chi connectivity index (χ3n) is 5.31. The molecule has 2 rings (SSSR count). The molecule has 0 aromatic carbocycles. The lowest BCUT2D eigenvalue weighted by molar-refractivity contribution is -0.186. The standard InChI is InChI=1S/C15H27F3N2/c1-10(2)11-3-4-13(19)14(9-11)20-7-5-12(6-8-20)15(16,17)18/h10-14H,3-9,19H2,1-2H3. The van der Waals surface area contributed by atoms with Crippen molar-refractivity contribution in [2.75, 3.05) is 13.1 Å². The van der Waals surface area contributed by atoms with E-state index in [0.717, 1.165) is 19.3 Å². The predicted molar refractivity (Wildman–Crippen MR) is 74.3 cm³/mol. The average molecular weight is 292 g/mol. The Morgan fingerprint density at radius 2 is 1.65 bits per heavy atom. The molecule has 2 nitrogen and oxygen atoms in total. The van der Waals surface area contributed by atoms with Crippen molar-refractivity contribution in [3.05, 3.63) is 0 Å². The van der Waals surface area contributed by atoms with E-state index < -0.39 is 12.1 Å². The van der Waals surface area contributed by atoms with E-state index in [4.69, 9.17) is 5.73 Å². The van der Waals surface area contributed by atoms with E-state index >= 15 is 0 Å². The molecule has 0 aromatic heterocycles. The lowest BCUT2D eigenvalue weighted by atomic mass is 9.76. The number of hydrogen-bond donors (Lipinski definition) is 1. The van der Waals surface area contributed by atoms with Gasteiger partial charge in [-0.1, -0.05) is 13.8 Å². The fourth-order valence-corrected chi connectivity index (χ4v) is 3.79. The number of likely N-dealkylation sites (tertiary alicyclic amines) is 1. The van der Waals surface area contributed by atoms with Gasteiger partial charge in [0.15, 0.2) is 0 Å². The van der Waals surface area contributed by atoms with Gasteiger partial charge in [0.1, 0.15) is 0 Å². The Kier molecular flexibility index (Phi) is 5.00. The molecule has 0 aromatic rings. The minimum atomic E-state index is -4.03. The van der Waals surface area contributed by atoms with Crippen LogP contribution in [0.1, 0.15) is 46.0 Å². The maximum atomic E-state index is 12.7. The molecule has 0 spiro atoms. The number of piperidine rings is 1. The molecule has 0 bridgehead atoms. The van der Waals surface area contributed by atoms with Crippen LogP contribution in [0.4, 0.5) is 13.2 Å². The van der Waals surface area contributed by atoms with Gasteiger partial charge in [-0.15, -0.1) is 0 Å². The van der Waals surface area contributed by atoms with Gasteiger partial charge in [-0.05, 0) is 57.0 Å². The van der Waals surface area contributed by atoms with Crippen LogP contribution < -0.4 is 5.73 Å². The van der Waals surface area contributed by atoms with Gasteiger partial charge >= 0.3 is 6.18 Å². The predicted octanol–water partition coefficient (Wildman–Crippen LogP) is 3.41. The van der Waals surface area contributed by atoms with Crippen LogP contribution >= 0.6 is 0 Å². The first-order valence-corrected chi connectivity index (χ1v) is 7.85. The minimum absolute atomic E-state index is 0.132. The normalized spacial score (nSPS) is 34.6. The van der Waals surface area contributed by atoms with Gasteiger partial charge in [-0.3, -0.25) is 4.90 Å². The highest BCUT2D eigenvalue weighted by atomic mass is 19.4. The molecule has 1 aliphatic heterocycles. The summed E-state index contributed by atoms with van der Waals surface area (Å²) in [5, 5.41) is 0. The van der Waals surface area contributed by atoms with Gasteiger partial charge in [0, 0.05) is 12.1 Å². The lowest BCUT2D eigenvalue weighted by Crippen LogP contribution is -2.54. The summed E-state index contributed by atoms with van der Waals surface area (Å²) in [5.74, 6) is 0.192. The monoisotopic (exact) mass is 292 g/mol. The molecule has 1 heterocycles. The quantitative estimate of drug-likeness (QED) is 0.845. The second kappa shape index (κ2) is 6.22. The van der Waals surface area contributed by atoms with Crippen molar-refractivity contribution in [2.24, 2.45) is 23.5 Å². The number of hydrogen-bond acceptors (Lipinski definition) is 2. The number of nitrogens with two attached hydrogens (primary N) is 1. The van der Waals surface area contributed by atoms with Crippen LogP contribution in [-0.4, -0.2) is 36.2 Å². The molecular weight excluding hydrogens is 265 g/mol. The van der Waals surface area contributed by atoms with Crippen LogP contribution in [0.25, 0.3) is 0 Å². The minimum Gasteiger partial charge on any atom is -0.326 e. The van der Waals surface area contributed by atoms with Crippen molar-refractivity contribution in [1.82, 2.24) is 4.90 Å². The van der Waals surface area contributed by atoms with Crippen LogP contribution in [0.2, 0.25) is 0 Å². The largest absolute Gasteiger partial charge is 0.391 e. The van der Waals surface area contributed by atoms with E-state index in [1.54, 1.807) is 0 Å². The molecule has 2 N–H and O–H groups in total. The van der Waals surface area contributed by atoms with Gasteiger partial charge < -0.3 is 5.73 Å². The summed E-state index contributed by atoms with van der Waals surface area (Å²) < 4.78 is 38.1. The second-order valence-corrected chi connectivity index (χ2v) is 6.90. The van der Waals surface area contributed by atoms with Gasteiger partial charge in [0.25, 0.3) is 0 Å². The SMILES string of the molecule is CC(C)C1CCC(N)C(N2CCC(C(F)(F)F)CC2)C1. The summed E-state index contributed by atoms with van der Waals surface area (Å²) in [7, 11) is 0. The number of halogens is 3. The third kappa shape index (κ3) is 3.67. The Balaban J connectivity index is 1.91. The maximum absolute atomic E-state index is 12.7. The van der Waals surface area contributed by atoms with E-state index in [1.807, 2.05) is 0 Å². The van der Waals surface area contributed by atoms with Crippen LogP contribution in [0.15, 0.2) is 0 Å². The van der Waals surface area contributed by atoms with E-state index in [1.165, 1.54) is 0 Å². The Hall–Kier alpha value is -0.290. The Morgan fingerprint density at radius 3 is 2.15 bits per heavy atom. The van der Waals surface area contributed by atoms with Gasteiger partial charge in [0.05, 0.1) is 5.92 Å². The van der Waals surface area contributed by atoms with Gasteiger partial charge in [0.2, 0.25) is 0 Å². The summed E-state index contributed by atoms with van der Waals surface area (Å²) in [6.45, 7) is 5.56. The summed E-state index contributed by atoms with van der Waals surface area (Å²) in [6, 6.07) is 0.415. The molecule has 3 unspecified atom stereocenters. The van der Waals surface area contributed by atoms with Gasteiger partial charge in [-0.25, -0.2) is 0 Å². The van der Waals surface area contributed by atoms with Crippen LogP contribution in [0.3, 0.4) is 0 Å². The van der Waals surface area contributed by atoms with E-state index in [9.17, 15) is 13.2 Å². The van der Waals surface area contributed by atoms with Crippen LogP contribution in [0, 0.1) is 17.8 Å². The Morgan fingerprint density at radius 1 is 1.05 bits per heavy atom. The molecule has 0 amide bonds. The molecule has 1 saturated carbocycles. The first kappa shape index (κ1) is 16.1. The molecule has 5 heteroatoms. The molecule has 1 aliphatic carbocycles. The number of alkyl halides is 3. The van der Waals surface area contributed by atoms with Crippen molar-refractivity contribution >= 4 is 0 Å². The van der Waals surface area contributed by atoms with Crippen molar-refractivity contribution in [1.29, 1.82) is 0 Å². The Labute approximate surface area is 119 Å². The average Bonchev–Trinajstić information content (AvgIpc) is 2.38. The smallest absolute Gasteiger partial charge is 0.326 e. The molecule has 118 valence electrons. The number of rotatable bonds is 2. The van der Waals surface area contributed by atoms with Crippen molar-refractivity contribution < 1.29 is 13.2 Å². The molecular formula is C15H27F3N2. The molecule has 3 atom stereocenters. The highest BCUT2D eigenvalue weighted by molar-refractivity contribution is 4.92. The van der Waals surface area contributed by atoms with E-state index in [2.05, 4.69) is 18.7 Å². The zero-order valence-electron chi connectivity index (χ0n) is 12.5. The summed E-state index contributed by atoms with van der Waals surface area (Å²) in [5.41, 5.74) is 6.23. The lowest BCUT2D eigenvalue weighted by Gasteiger charge is -2.45. The highest BCUT2D eigenvalue weighted by Crippen LogP contribution is 2.37. The first-order valence-electron chi connectivity index (χ1n) is 7.85. The fourth-order valence-electron chi connectivity index (χ4n) is 3.79.